The molecule has 0 aromatic heterocycles. The number of non-ortho nitro benzene ring substituents is 1. The van der Waals surface area contributed by atoms with Crippen LogP contribution in [-0.4, -0.2) is 24.2 Å². The lowest BCUT2D eigenvalue weighted by atomic mass is 10.2. The Balaban J connectivity index is 2.59. The zero-order valence-electron chi connectivity index (χ0n) is 9.47. The first-order valence-corrected chi connectivity index (χ1v) is 5.22. The van der Waals surface area contributed by atoms with E-state index in [1.54, 1.807) is 12.1 Å². The molecule has 0 bridgehead atoms. The van der Waals surface area contributed by atoms with Gasteiger partial charge in [-0.15, -0.1) is 0 Å². The molecule has 0 aliphatic carbocycles. The number of rotatable bonds is 6. The van der Waals surface area contributed by atoms with Gasteiger partial charge in [-0.3, -0.25) is 10.1 Å². The van der Waals surface area contributed by atoms with Gasteiger partial charge in [0.05, 0.1) is 11.5 Å². The standard InChI is InChI=1S/C11H16N2O3/c1-3-16-8-9(2)12-10-5-4-6-11(7-10)13(14)15/h4-7,9,12H,3,8H2,1-2H3. The summed E-state index contributed by atoms with van der Waals surface area (Å²) in [5.74, 6) is 0. The first-order chi connectivity index (χ1) is 7.63. The van der Waals surface area contributed by atoms with Crippen LogP contribution in [0.5, 0.6) is 0 Å². The van der Waals surface area contributed by atoms with Crippen molar-refractivity contribution in [2.75, 3.05) is 18.5 Å². The maximum atomic E-state index is 10.6. The van der Waals surface area contributed by atoms with Crippen molar-refractivity contribution in [3.63, 3.8) is 0 Å². The molecule has 1 aromatic rings. The molecular formula is C11H16N2O3. The highest BCUT2D eigenvalue weighted by Gasteiger charge is 2.07. The van der Waals surface area contributed by atoms with Crippen molar-refractivity contribution in [1.82, 2.24) is 0 Å². The van der Waals surface area contributed by atoms with Crippen LogP contribution in [0.15, 0.2) is 24.3 Å². The third-order valence-electron chi connectivity index (χ3n) is 2.04. The van der Waals surface area contributed by atoms with Crippen molar-refractivity contribution < 1.29 is 9.66 Å². The van der Waals surface area contributed by atoms with E-state index in [1.807, 2.05) is 13.8 Å². The molecule has 1 aromatic carbocycles. The van der Waals surface area contributed by atoms with Crippen LogP contribution in [0.4, 0.5) is 11.4 Å². The zero-order chi connectivity index (χ0) is 12.0. The Morgan fingerprint density at radius 1 is 1.56 bits per heavy atom. The summed E-state index contributed by atoms with van der Waals surface area (Å²) >= 11 is 0. The molecule has 0 fully saturated rings. The van der Waals surface area contributed by atoms with Gasteiger partial charge in [-0.2, -0.15) is 0 Å². The lowest BCUT2D eigenvalue weighted by Crippen LogP contribution is -2.21. The van der Waals surface area contributed by atoms with Gasteiger partial charge >= 0.3 is 0 Å². The minimum Gasteiger partial charge on any atom is -0.380 e. The first kappa shape index (κ1) is 12.4. The predicted octanol–water partition coefficient (Wildman–Crippen LogP) is 2.43. The molecule has 0 heterocycles. The SMILES string of the molecule is CCOCC(C)Nc1cccc([N+](=O)[O-])c1. The molecular weight excluding hydrogens is 208 g/mol. The Kier molecular flexibility index (Phi) is 4.72. The molecule has 5 nitrogen and oxygen atoms in total. The van der Waals surface area contributed by atoms with Gasteiger partial charge in [0, 0.05) is 30.5 Å². The summed E-state index contributed by atoms with van der Waals surface area (Å²) in [5.41, 5.74) is 0.829. The Morgan fingerprint density at radius 2 is 2.31 bits per heavy atom. The molecule has 0 saturated heterocycles. The fourth-order valence-electron chi connectivity index (χ4n) is 1.33. The molecule has 1 unspecified atom stereocenters. The zero-order valence-corrected chi connectivity index (χ0v) is 9.47. The molecule has 0 saturated carbocycles. The number of nitro benzene ring substituents is 1. The summed E-state index contributed by atoms with van der Waals surface area (Å²) in [7, 11) is 0. The Labute approximate surface area is 94.6 Å². The number of nitrogens with zero attached hydrogens (tertiary/aromatic N) is 1. The highest BCUT2D eigenvalue weighted by Crippen LogP contribution is 2.17. The van der Waals surface area contributed by atoms with Gasteiger partial charge in [-0.25, -0.2) is 0 Å². The minimum atomic E-state index is -0.404. The lowest BCUT2D eigenvalue weighted by molar-refractivity contribution is -0.384. The molecule has 16 heavy (non-hydrogen) atoms. The molecule has 0 radical (unpaired) electrons. The monoisotopic (exact) mass is 224 g/mol. The summed E-state index contributed by atoms with van der Waals surface area (Å²) in [6, 6.07) is 6.58. The average molecular weight is 224 g/mol. The van der Waals surface area contributed by atoms with E-state index < -0.39 is 4.92 Å². The van der Waals surface area contributed by atoms with E-state index in [-0.39, 0.29) is 11.7 Å². The molecule has 1 atom stereocenters. The minimum absolute atomic E-state index is 0.0913. The highest BCUT2D eigenvalue weighted by molar-refractivity contribution is 5.51. The van der Waals surface area contributed by atoms with Crippen molar-refractivity contribution in [2.24, 2.45) is 0 Å². The smallest absolute Gasteiger partial charge is 0.271 e. The van der Waals surface area contributed by atoms with Crippen molar-refractivity contribution in [1.29, 1.82) is 0 Å². The van der Waals surface area contributed by atoms with E-state index >= 15 is 0 Å². The van der Waals surface area contributed by atoms with Gasteiger partial charge in [-0.1, -0.05) is 6.07 Å². The number of nitrogens with one attached hydrogen (secondary N) is 1. The van der Waals surface area contributed by atoms with Crippen LogP contribution in [0, 0.1) is 10.1 Å². The largest absolute Gasteiger partial charge is 0.380 e. The van der Waals surface area contributed by atoms with E-state index in [0.717, 1.165) is 5.69 Å². The maximum Gasteiger partial charge on any atom is 0.271 e. The number of hydrogen-bond donors (Lipinski definition) is 1. The van der Waals surface area contributed by atoms with Gasteiger partial charge in [-0.05, 0) is 19.9 Å². The van der Waals surface area contributed by atoms with Gasteiger partial charge in [0.2, 0.25) is 0 Å². The molecule has 1 rings (SSSR count). The second-order valence-corrected chi connectivity index (χ2v) is 3.51. The van der Waals surface area contributed by atoms with E-state index in [4.69, 9.17) is 4.74 Å². The Bertz CT molecular complexity index is 355. The maximum absolute atomic E-state index is 10.6. The average Bonchev–Trinajstić information content (AvgIpc) is 2.26. The number of hydrogen-bond acceptors (Lipinski definition) is 4. The van der Waals surface area contributed by atoms with E-state index in [1.165, 1.54) is 12.1 Å². The molecule has 0 amide bonds. The topological polar surface area (TPSA) is 64.4 Å². The van der Waals surface area contributed by atoms with E-state index in [9.17, 15) is 10.1 Å². The number of nitro groups is 1. The van der Waals surface area contributed by atoms with Crippen LogP contribution in [0.3, 0.4) is 0 Å². The molecule has 0 spiro atoms. The van der Waals surface area contributed by atoms with Crippen molar-refractivity contribution in [3.05, 3.63) is 34.4 Å². The second-order valence-electron chi connectivity index (χ2n) is 3.51. The van der Waals surface area contributed by atoms with Crippen molar-refractivity contribution >= 4 is 11.4 Å². The number of ether oxygens (including phenoxy) is 1. The molecule has 1 N–H and O–H groups in total. The highest BCUT2D eigenvalue weighted by atomic mass is 16.6. The van der Waals surface area contributed by atoms with Crippen LogP contribution < -0.4 is 5.32 Å². The van der Waals surface area contributed by atoms with Crippen LogP contribution in [0.25, 0.3) is 0 Å². The number of benzene rings is 1. The molecule has 0 aliphatic heterocycles. The molecule has 0 aliphatic rings. The quantitative estimate of drug-likeness (QED) is 0.595. The molecule has 88 valence electrons. The van der Waals surface area contributed by atoms with Gasteiger partial charge in [0.15, 0.2) is 0 Å². The van der Waals surface area contributed by atoms with Crippen LogP contribution >= 0.6 is 0 Å². The Hall–Kier alpha value is -1.62. The predicted molar refractivity (Wildman–Crippen MR) is 62.7 cm³/mol. The van der Waals surface area contributed by atoms with Crippen LogP contribution in [-0.2, 0) is 4.74 Å². The van der Waals surface area contributed by atoms with Gasteiger partial charge in [0.25, 0.3) is 5.69 Å². The second kappa shape index (κ2) is 6.07. The first-order valence-electron chi connectivity index (χ1n) is 5.22. The lowest BCUT2D eigenvalue weighted by Gasteiger charge is -2.14. The summed E-state index contributed by atoms with van der Waals surface area (Å²) in [4.78, 5) is 10.2. The molecule has 5 heteroatoms. The van der Waals surface area contributed by atoms with Crippen LogP contribution in [0.1, 0.15) is 13.8 Å². The normalized spacial score (nSPS) is 12.1. The van der Waals surface area contributed by atoms with E-state index in [0.29, 0.717) is 13.2 Å². The summed E-state index contributed by atoms with van der Waals surface area (Å²) in [5, 5.41) is 13.7. The third kappa shape index (κ3) is 3.86. The van der Waals surface area contributed by atoms with Crippen molar-refractivity contribution in [3.8, 4) is 0 Å². The van der Waals surface area contributed by atoms with Gasteiger partial charge < -0.3 is 10.1 Å². The van der Waals surface area contributed by atoms with Gasteiger partial charge in [0.1, 0.15) is 0 Å². The Morgan fingerprint density at radius 3 is 2.94 bits per heavy atom. The fraction of sp³-hybridized carbons (Fsp3) is 0.455. The summed E-state index contributed by atoms with van der Waals surface area (Å²) in [6.45, 7) is 5.15. The van der Waals surface area contributed by atoms with Crippen LogP contribution in [0.2, 0.25) is 0 Å². The third-order valence-corrected chi connectivity index (χ3v) is 2.04. The fourth-order valence-corrected chi connectivity index (χ4v) is 1.33. The summed E-state index contributed by atoms with van der Waals surface area (Å²) < 4.78 is 5.25. The summed E-state index contributed by atoms with van der Waals surface area (Å²) in [6.07, 6.45) is 0. The van der Waals surface area contributed by atoms with E-state index in [2.05, 4.69) is 5.32 Å². The number of anilines is 1. The van der Waals surface area contributed by atoms with Crippen molar-refractivity contribution in [2.45, 2.75) is 19.9 Å².